The van der Waals surface area contributed by atoms with Crippen LogP contribution in [0.25, 0.3) is 0 Å². The fourth-order valence-electron chi connectivity index (χ4n) is 2.72. The quantitative estimate of drug-likeness (QED) is 0.129. The van der Waals surface area contributed by atoms with Crippen molar-refractivity contribution in [1.82, 2.24) is 15.4 Å². The number of hydrazone groups is 1. The zero-order valence-corrected chi connectivity index (χ0v) is 20.9. The van der Waals surface area contributed by atoms with Gasteiger partial charge in [0, 0.05) is 11.4 Å². The molecule has 0 bridgehead atoms. The van der Waals surface area contributed by atoms with Crippen molar-refractivity contribution in [3.8, 4) is 5.75 Å². The summed E-state index contributed by atoms with van der Waals surface area (Å²) in [6, 6.07) is 14.0. The van der Waals surface area contributed by atoms with Gasteiger partial charge in [-0.3, -0.25) is 4.79 Å². The monoisotopic (exact) mass is 576 g/mol. The molecular formula is C23H21IN4O4S. The molecule has 0 unspecified atom stereocenters. The molecule has 2 aromatic carbocycles. The van der Waals surface area contributed by atoms with Crippen LogP contribution in [0.15, 0.2) is 58.8 Å². The van der Waals surface area contributed by atoms with E-state index in [1.54, 1.807) is 30.5 Å². The van der Waals surface area contributed by atoms with Crippen LogP contribution >= 0.6 is 34.4 Å². The van der Waals surface area contributed by atoms with E-state index in [-0.39, 0.29) is 17.2 Å². The zero-order valence-electron chi connectivity index (χ0n) is 17.9. The molecule has 0 saturated heterocycles. The summed E-state index contributed by atoms with van der Waals surface area (Å²) in [4.78, 5) is 31.5. The molecule has 8 nitrogen and oxygen atoms in total. The maximum atomic E-state index is 12.0. The molecule has 10 heteroatoms. The van der Waals surface area contributed by atoms with Gasteiger partial charge >= 0.3 is 5.97 Å². The number of aromatic carboxylic acids is 1. The van der Waals surface area contributed by atoms with E-state index >= 15 is 0 Å². The number of thioether (sulfide) groups is 1. The van der Waals surface area contributed by atoms with Crippen LogP contribution in [0, 0.1) is 17.4 Å². The standard InChI is InChI=1S/C23H21IN4O4S/c1-14-9-15(2)27-23(26-14)33-13-21(29)28-25-11-17-5-8-20(19(24)10-17)32-12-16-3-6-18(7-4-16)22(30)31/h3-11H,12-13H2,1-2H3,(H,28,29)(H,30,31)/b25-11-. The third-order valence-corrected chi connectivity index (χ3v) is 5.94. The number of halogens is 1. The summed E-state index contributed by atoms with van der Waals surface area (Å²) in [5.74, 6) is -0.344. The van der Waals surface area contributed by atoms with E-state index in [4.69, 9.17) is 9.84 Å². The van der Waals surface area contributed by atoms with Gasteiger partial charge in [-0.15, -0.1) is 0 Å². The number of carbonyl (C=O) groups is 2. The number of carboxylic acid groups (broad SMARTS) is 1. The van der Waals surface area contributed by atoms with Crippen LogP contribution in [0.3, 0.4) is 0 Å². The summed E-state index contributed by atoms with van der Waals surface area (Å²) >= 11 is 3.42. The Morgan fingerprint density at radius 1 is 1.12 bits per heavy atom. The second-order valence-corrected chi connectivity index (χ2v) is 9.10. The number of benzene rings is 2. The molecule has 170 valence electrons. The van der Waals surface area contributed by atoms with Crippen LogP contribution in [0.4, 0.5) is 0 Å². The molecule has 1 amide bonds. The number of carboxylic acids is 1. The van der Waals surface area contributed by atoms with E-state index in [1.165, 1.54) is 11.8 Å². The van der Waals surface area contributed by atoms with Gasteiger partial charge in [0.1, 0.15) is 12.4 Å². The molecule has 33 heavy (non-hydrogen) atoms. The first-order valence-electron chi connectivity index (χ1n) is 9.82. The molecule has 3 rings (SSSR count). The van der Waals surface area contributed by atoms with Gasteiger partial charge in [0.15, 0.2) is 5.16 Å². The van der Waals surface area contributed by atoms with Crippen LogP contribution in [0.5, 0.6) is 5.75 Å². The number of aromatic nitrogens is 2. The number of rotatable bonds is 9. The summed E-state index contributed by atoms with van der Waals surface area (Å²) < 4.78 is 6.71. The average molecular weight is 576 g/mol. The van der Waals surface area contributed by atoms with Gasteiger partial charge in [0.25, 0.3) is 5.91 Å². The second kappa shape index (κ2) is 11.8. The summed E-state index contributed by atoms with van der Waals surface area (Å²) in [6.45, 7) is 4.10. The van der Waals surface area contributed by atoms with Crippen molar-refractivity contribution in [2.75, 3.05) is 5.75 Å². The highest BCUT2D eigenvalue weighted by Crippen LogP contribution is 2.23. The molecule has 0 fully saturated rings. The minimum Gasteiger partial charge on any atom is -0.488 e. The summed E-state index contributed by atoms with van der Waals surface area (Å²) in [7, 11) is 0. The van der Waals surface area contributed by atoms with Crippen molar-refractivity contribution in [2.24, 2.45) is 5.10 Å². The van der Waals surface area contributed by atoms with Gasteiger partial charge in [-0.25, -0.2) is 20.2 Å². The van der Waals surface area contributed by atoms with E-state index in [2.05, 4.69) is 43.1 Å². The Hall–Kier alpha value is -2.99. The fourth-order valence-corrected chi connectivity index (χ4v) is 4.16. The van der Waals surface area contributed by atoms with E-state index in [9.17, 15) is 9.59 Å². The predicted octanol–water partition coefficient (Wildman–Crippen LogP) is 4.22. The number of aryl methyl sites for hydroxylation is 2. The molecule has 0 radical (unpaired) electrons. The first-order valence-corrected chi connectivity index (χ1v) is 11.9. The maximum absolute atomic E-state index is 12.0. The number of hydrogen-bond donors (Lipinski definition) is 2. The Kier molecular flexibility index (Phi) is 8.78. The third kappa shape index (κ3) is 7.82. The van der Waals surface area contributed by atoms with Gasteiger partial charge in [-0.2, -0.15) is 5.10 Å². The Labute approximate surface area is 209 Å². The number of amides is 1. The molecule has 3 aromatic rings. The number of hydrogen-bond acceptors (Lipinski definition) is 7. The van der Waals surface area contributed by atoms with Gasteiger partial charge < -0.3 is 9.84 Å². The van der Waals surface area contributed by atoms with Crippen molar-refractivity contribution >= 4 is 52.4 Å². The highest BCUT2D eigenvalue weighted by Gasteiger charge is 2.07. The number of ether oxygens (including phenoxy) is 1. The molecule has 0 spiro atoms. The molecule has 0 aliphatic heterocycles. The minimum atomic E-state index is -0.959. The van der Waals surface area contributed by atoms with E-state index in [0.29, 0.717) is 17.5 Å². The number of nitrogens with one attached hydrogen (secondary N) is 1. The smallest absolute Gasteiger partial charge is 0.335 e. The zero-order chi connectivity index (χ0) is 23.8. The molecule has 0 saturated carbocycles. The van der Waals surface area contributed by atoms with Crippen LogP contribution in [0.1, 0.15) is 32.9 Å². The maximum Gasteiger partial charge on any atom is 0.335 e. The fraction of sp³-hybridized carbons (Fsp3) is 0.174. The Balaban J connectivity index is 1.48. The predicted molar refractivity (Wildman–Crippen MR) is 135 cm³/mol. The summed E-state index contributed by atoms with van der Waals surface area (Å²) in [6.07, 6.45) is 1.56. The lowest BCUT2D eigenvalue weighted by Gasteiger charge is -2.09. The SMILES string of the molecule is Cc1cc(C)nc(SCC(=O)N/N=C\c2ccc(OCc3ccc(C(=O)O)cc3)c(I)c2)n1. The first-order chi connectivity index (χ1) is 15.8. The van der Waals surface area contributed by atoms with Crippen molar-refractivity contribution in [3.05, 3.63) is 80.2 Å². The molecular weight excluding hydrogens is 555 g/mol. The highest BCUT2D eigenvalue weighted by atomic mass is 127. The highest BCUT2D eigenvalue weighted by molar-refractivity contribution is 14.1. The molecule has 1 aromatic heterocycles. The van der Waals surface area contributed by atoms with Crippen LogP contribution in [-0.2, 0) is 11.4 Å². The van der Waals surface area contributed by atoms with Crippen molar-refractivity contribution < 1.29 is 19.4 Å². The Bertz CT molecular complexity index is 1170. The molecule has 1 heterocycles. The van der Waals surface area contributed by atoms with Crippen molar-refractivity contribution in [1.29, 1.82) is 0 Å². The molecule has 0 aliphatic rings. The Morgan fingerprint density at radius 3 is 2.45 bits per heavy atom. The van der Waals surface area contributed by atoms with E-state index in [1.807, 2.05) is 38.1 Å². The molecule has 0 aliphatic carbocycles. The van der Waals surface area contributed by atoms with Crippen molar-refractivity contribution in [3.63, 3.8) is 0 Å². The molecule has 0 atom stereocenters. The third-order valence-electron chi connectivity index (χ3n) is 4.25. The van der Waals surface area contributed by atoms with E-state index in [0.717, 1.165) is 26.1 Å². The summed E-state index contributed by atoms with van der Waals surface area (Å²) in [5.41, 5.74) is 6.14. The minimum absolute atomic E-state index is 0.165. The lowest BCUT2D eigenvalue weighted by atomic mass is 10.1. The van der Waals surface area contributed by atoms with Gasteiger partial charge in [-0.1, -0.05) is 23.9 Å². The summed E-state index contributed by atoms with van der Waals surface area (Å²) in [5, 5.41) is 13.5. The van der Waals surface area contributed by atoms with Gasteiger partial charge in [0.2, 0.25) is 0 Å². The number of carbonyl (C=O) groups excluding carboxylic acids is 1. The Morgan fingerprint density at radius 2 is 1.82 bits per heavy atom. The average Bonchev–Trinajstić information content (AvgIpc) is 2.77. The number of nitrogens with zero attached hydrogens (tertiary/aromatic N) is 3. The largest absolute Gasteiger partial charge is 0.488 e. The van der Waals surface area contributed by atoms with Gasteiger partial charge in [0.05, 0.1) is 21.1 Å². The van der Waals surface area contributed by atoms with E-state index < -0.39 is 5.97 Å². The van der Waals surface area contributed by atoms with Crippen LogP contribution < -0.4 is 10.2 Å². The first kappa shape index (κ1) is 24.6. The topological polar surface area (TPSA) is 114 Å². The van der Waals surface area contributed by atoms with Crippen LogP contribution in [0.2, 0.25) is 0 Å². The molecule has 2 N–H and O–H groups in total. The van der Waals surface area contributed by atoms with Crippen LogP contribution in [-0.4, -0.2) is 38.9 Å². The lowest BCUT2D eigenvalue weighted by Crippen LogP contribution is -2.19. The normalized spacial score (nSPS) is 10.9. The second-order valence-electron chi connectivity index (χ2n) is 7.00. The lowest BCUT2D eigenvalue weighted by molar-refractivity contribution is -0.118. The van der Waals surface area contributed by atoms with Crippen molar-refractivity contribution in [2.45, 2.75) is 25.6 Å². The van der Waals surface area contributed by atoms with Gasteiger partial charge in [-0.05, 0) is 84.0 Å².